The van der Waals surface area contributed by atoms with E-state index >= 15 is 0 Å². The first kappa shape index (κ1) is 34.4. The van der Waals surface area contributed by atoms with Gasteiger partial charge in [0.1, 0.15) is 5.78 Å². The van der Waals surface area contributed by atoms with E-state index in [4.69, 9.17) is 0 Å². The fourth-order valence-electron chi connectivity index (χ4n) is 3.88. The number of carbonyl (C=O) groups excluding carboxylic acids is 2. The van der Waals surface area contributed by atoms with Gasteiger partial charge >= 0.3 is 0 Å². The Bertz CT molecular complexity index is 893. The van der Waals surface area contributed by atoms with E-state index in [1.165, 1.54) is 31.7 Å². The van der Waals surface area contributed by atoms with Crippen LogP contribution in [0.5, 0.6) is 0 Å². The number of alkyl halides is 2. The normalized spacial score (nSPS) is 16.2. The molecule has 0 bridgehead atoms. The first-order valence-corrected chi connectivity index (χ1v) is 13.5. The van der Waals surface area contributed by atoms with Crippen molar-refractivity contribution in [1.82, 2.24) is 5.32 Å². The van der Waals surface area contributed by atoms with Crippen LogP contribution in [-0.4, -0.2) is 17.5 Å². The summed E-state index contributed by atoms with van der Waals surface area (Å²) in [6.45, 7) is 19.9. The van der Waals surface area contributed by atoms with Gasteiger partial charge in [0.2, 0.25) is 5.92 Å². The molecule has 1 aromatic rings. The number of hydrogen-bond acceptors (Lipinski definition) is 3. The van der Waals surface area contributed by atoms with Crippen molar-refractivity contribution >= 4 is 11.6 Å². The fourth-order valence-corrected chi connectivity index (χ4v) is 3.88. The molecule has 2 rings (SSSR count). The van der Waals surface area contributed by atoms with Crippen molar-refractivity contribution in [3.63, 3.8) is 0 Å². The Balaban J connectivity index is 0.000000629. The Morgan fingerprint density at radius 1 is 1.11 bits per heavy atom. The zero-order valence-corrected chi connectivity index (χ0v) is 24.3. The highest BCUT2D eigenvalue weighted by molar-refractivity contribution is 5.96. The number of nitrogens with one attached hydrogen (secondary N) is 1. The van der Waals surface area contributed by atoms with Crippen LogP contribution in [0.1, 0.15) is 99.5 Å². The standard InChI is InChI=1S/C18H23NO.C7H10F2O.C7H16/c1-6-16(15(3)20)13-12-14(2)19-18(4,5)17-10-8-7-9-11-17;1-2-6(10)5-3-7(8,9)4-5;1-4-6-7(3)5-2/h6-13,19H,1H2,2-5H3;5H,2-4H2,1H3;7H,4-6H2,1-3H3/b14-12+,16-13+;;/t;;7-/m..1/s1. The number of carbonyl (C=O) groups is 2. The number of benzene rings is 1. The van der Waals surface area contributed by atoms with Crippen molar-refractivity contribution in [2.75, 3.05) is 0 Å². The number of allylic oxidation sites excluding steroid dienone is 5. The summed E-state index contributed by atoms with van der Waals surface area (Å²) in [5.41, 5.74) is 2.66. The number of ketones is 2. The van der Waals surface area contributed by atoms with E-state index in [0.717, 1.165) is 11.6 Å². The molecule has 1 N–H and O–H groups in total. The van der Waals surface area contributed by atoms with Gasteiger partial charge in [0.05, 0.1) is 5.54 Å². The molecule has 37 heavy (non-hydrogen) atoms. The molecule has 0 radical (unpaired) electrons. The third kappa shape index (κ3) is 14.1. The van der Waals surface area contributed by atoms with E-state index in [1.54, 1.807) is 19.1 Å². The quantitative estimate of drug-likeness (QED) is 0.235. The van der Waals surface area contributed by atoms with Crippen molar-refractivity contribution in [2.45, 2.75) is 105 Å². The average molecular weight is 518 g/mol. The highest BCUT2D eigenvalue weighted by atomic mass is 19.3. The van der Waals surface area contributed by atoms with Gasteiger partial charge in [0, 0.05) is 36.5 Å². The minimum atomic E-state index is -2.55. The lowest BCUT2D eigenvalue weighted by Crippen LogP contribution is -2.39. The van der Waals surface area contributed by atoms with Crippen LogP contribution in [0.4, 0.5) is 8.78 Å². The molecule has 1 fully saturated rings. The van der Waals surface area contributed by atoms with Crippen LogP contribution in [0, 0.1) is 11.8 Å². The number of hydrogen-bond donors (Lipinski definition) is 1. The second kappa shape index (κ2) is 17.0. The van der Waals surface area contributed by atoms with Gasteiger partial charge in [0.25, 0.3) is 0 Å². The average Bonchev–Trinajstić information content (AvgIpc) is 2.83. The summed E-state index contributed by atoms with van der Waals surface area (Å²) in [6.07, 6.45) is 9.30. The molecule has 0 aliphatic heterocycles. The van der Waals surface area contributed by atoms with Gasteiger partial charge < -0.3 is 5.32 Å². The second-order valence-corrected chi connectivity index (χ2v) is 10.4. The van der Waals surface area contributed by atoms with E-state index in [1.807, 2.05) is 31.2 Å². The molecule has 0 spiro atoms. The Labute approximate surface area is 224 Å². The van der Waals surface area contributed by atoms with Gasteiger partial charge in [-0.05, 0) is 51.3 Å². The summed E-state index contributed by atoms with van der Waals surface area (Å²) in [5, 5.41) is 3.46. The molecule has 0 saturated heterocycles. The lowest BCUT2D eigenvalue weighted by molar-refractivity contribution is -0.147. The van der Waals surface area contributed by atoms with Crippen LogP contribution in [-0.2, 0) is 15.1 Å². The molecule has 1 saturated carbocycles. The molecule has 1 aliphatic carbocycles. The molecule has 0 unspecified atom stereocenters. The molecular formula is C32H49F2NO2. The van der Waals surface area contributed by atoms with Crippen molar-refractivity contribution in [3.05, 3.63) is 72.0 Å². The van der Waals surface area contributed by atoms with Gasteiger partial charge in [-0.3, -0.25) is 9.59 Å². The highest BCUT2D eigenvalue weighted by Crippen LogP contribution is 2.43. The maximum absolute atomic E-state index is 12.1. The monoisotopic (exact) mass is 517 g/mol. The molecule has 1 aliphatic rings. The van der Waals surface area contributed by atoms with Crippen LogP contribution in [0.2, 0.25) is 0 Å². The molecule has 0 heterocycles. The summed E-state index contributed by atoms with van der Waals surface area (Å²) in [7, 11) is 0. The SMILES string of the molecule is C=C/C(=C\C=C(/C)NC(C)(C)c1ccccc1)C(C)=O.CCC(=O)C1CC(F)(F)C1.CCC[C@H](C)CC. The summed E-state index contributed by atoms with van der Waals surface area (Å²) in [6, 6.07) is 10.3. The summed E-state index contributed by atoms with van der Waals surface area (Å²) >= 11 is 0. The van der Waals surface area contributed by atoms with Gasteiger partial charge in [-0.2, -0.15) is 0 Å². The van der Waals surface area contributed by atoms with Crippen molar-refractivity contribution in [3.8, 4) is 0 Å². The number of halogens is 2. The van der Waals surface area contributed by atoms with Crippen molar-refractivity contribution in [2.24, 2.45) is 11.8 Å². The smallest absolute Gasteiger partial charge is 0.249 e. The van der Waals surface area contributed by atoms with Crippen LogP contribution < -0.4 is 5.32 Å². The molecule has 5 heteroatoms. The first-order valence-electron chi connectivity index (χ1n) is 13.5. The van der Waals surface area contributed by atoms with Crippen LogP contribution >= 0.6 is 0 Å². The summed E-state index contributed by atoms with van der Waals surface area (Å²) < 4.78 is 24.3. The van der Waals surface area contributed by atoms with Crippen LogP contribution in [0.25, 0.3) is 0 Å². The predicted molar refractivity (Wildman–Crippen MR) is 153 cm³/mol. The van der Waals surface area contributed by atoms with Gasteiger partial charge in [-0.1, -0.05) is 89.9 Å². The minimum Gasteiger partial charge on any atom is -0.380 e. The highest BCUT2D eigenvalue weighted by Gasteiger charge is 2.47. The molecule has 208 valence electrons. The Morgan fingerprint density at radius 3 is 2.05 bits per heavy atom. The van der Waals surface area contributed by atoms with Crippen LogP contribution in [0.15, 0.2) is 66.4 Å². The summed E-state index contributed by atoms with van der Waals surface area (Å²) in [4.78, 5) is 22.1. The molecule has 3 nitrogen and oxygen atoms in total. The molecule has 0 aromatic heterocycles. The second-order valence-electron chi connectivity index (χ2n) is 10.4. The van der Waals surface area contributed by atoms with E-state index in [-0.39, 0.29) is 35.9 Å². The maximum Gasteiger partial charge on any atom is 0.249 e. The first-order chi connectivity index (χ1) is 17.2. The van der Waals surface area contributed by atoms with Gasteiger partial charge in [0.15, 0.2) is 5.78 Å². The third-order valence-corrected chi connectivity index (χ3v) is 6.52. The summed E-state index contributed by atoms with van der Waals surface area (Å²) in [5.74, 6) is -1.95. The zero-order chi connectivity index (χ0) is 28.6. The van der Waals surface area contributed by atoms with E-state index in [0.29, 0.717) is 12.0 Å². The van der Waals surface area contributed by atoms with Gasteiger partial charge in [-0.25, -0.2) is 8.78 Å². The number of Topliss-reactive ketones (excluding diaryl/α,β-unsaturated/α-hetero) is 2. The van der Waals surface area contributed by atoms with Crippen molar-refractivity contribution < 1.29 is 18.4 Å². The number of rotatable bonds is 11. The van der Waals surface area contributed by atoms with Crippen LogP contribution in [0.3, 0.4) is 0 Å². The maximum atomic E-state index is 12.1. The Hall–Kier alpha value is -2.56. The molecular weight excluding hydrogens is 468 g/mol. The molecule has 1 aromatic carbocycles. The van der Waals surface area contributed by atoms with E-state index < -0.39 is 5.92 Å². The Morgan fingerprint density at radius 2 is 1.68 bits per heavy atom. The lowest BCUT2D eigenvalue weighted by Gasteiger charge is -2.33. The van der Waals surface area contributed by atoms with Gasteiger partial charge in [-0.15, -0.1) is 0 Å². The third-order valence-electron chi connectivity index (χ3n) is 6.52. The lowest BCUT2D eigenvalue weighted by atomic mass is 9.78. The zero-order valence-electron chi connectivity index (χ0n) is 24.3. The predicted octanol–water partition coefficient (Wildman–Crippen LogP) is 8.96. The minimum absolute atomic E-state index is 0.0198. The molecule has 0 amide bonds. The van der Waals surface area contributed by atoms with Crippen molar-refractivity contribution in [1.29, 1.82) is 0 Å². The Kier molecular flexibility index (Phi) is 15.9. The van der Waals surface area contributed by atoms with E-state index in [2.05, 4.69) is 58.6 Å². The largest absolute Gasteiger partial charge is 0.380 e. The van der Waals surface area contributed by atoms with E-state index in [9.17, 15) is 18.4 Å². The fraction of sp³-hybridized carbons (Fsp3) is 0.562. The topological polar surface area (TPSA) is 46.2 Å². The molecule has 1 atom stereocenters.